The molecule has 0 atom stereocenters. The Balaban J connectivity index is 0.000000271. The molecule has 0 saturated carbocycles. The summed E-state index contributed by atoms with van der Waals surface area (Å²) in [6, 6.07) is 23.3. The summed E-state index contributed by atoms with van der Waals surface area (Å²) in [5, 5.41) is -2.99. The van der Waals surface area contributed by atoms with Gasteiger partial charge < -0.3 is 4.55 Å². The van der Waals surface area contributed by atoms with E-state index >= 15 is 0 Å². The lowest BCUT2D eigenvalue weighted by molar-refractivity contribution is -0.273. The van der Waals surface area contributed by atoms with E-state index < -0.39 is 42.1 Å². The molecule has 0 bridgehead atoms. The van der Waals surface area contributed by atoms with E-state index in [-0.39, 0.29) is 11.6 Å². The largest absolute Gasteiger partial charge is 0.743 e. The zero-order valence-electron chi connectivity index (χ0n) is 17.7. The zero-order valence-corrected chi connectivity index (χ0v) is 19.5. The maximum atomic E-state index is 13.2. The maximum Gasteiger partial charge on any atom is 0.402 e. The monoisotopic (exact) mass is 544 g/mol. The predicted octanol–water partition coefficient (Wildman–Crippen LogP) is 4.87. The summed E-state index contributed by atoms with van der Waals surface area (Å²) in [6.45, 7) is -0.619. The van der Waals surface area contributed by atoms with E-state index in [1.54, 1.807) is 0 Å². The van der Waals surface area contributed by atoms with Crippen molar-refractivity contribution in [2.24, 2.45) is 0 Å². The van der Waals surface area contributed by atoms with Gasteiger partial charge in [0.1, 0.15) is 27.5 Å². The van der Waals surface area contributed by atoms with Crippen LogP contribution < -0.4 is 15.9 Å². The van der Waals surface area contributed by atoms with E-state index in [0.717, 1.165) is 10.6 Å². The van der Waals surface area contributed by atoms with E-state index in [1.165, 1.54) is 29.6 Å². The number of benzene rings is 3. The second kappa shape index (κ2) is 10.6. The first-order chi connectivity index (χ1) is 16.0. The van der Waals surface area contributed by atoms with Crippen LogP contribution in [0.2, 0.25) is 0 Å². The molecule has 13 heteroatoms. The molecule has 0 aromatic heterocycles. The molecule has 0 aliphatic rings. The van der Waals surface area contributed by atoms with Crippen LogP contribution in [0.1, 0.15) is 6.92 Å². The van der Waals surface area contributed by atoms with Gasteiger partial charge in [0.2, 0.25) is 0 Å². The Kier molecular flexibility index (Phi) is 8.68. The average molecular weight is 544 g/mol. The van der Waals surface area contributed by atoms with Crippen molar-refractivity contribution in [2.75, 3.05) is 0 Å². The van der Waals surface area contributed by atoms with E-state index in [4.69, 9.17) is 0 Å². The van der Waals surface area contributed by atoms with Crippen molar-refractivity contribution in [2.45, 2.75) is 24.0 Å². The fourth-order valence-corrected chi connectivity index (χ4v) is 5.77. The predicted molar refractivity (Wildman–Crippen MR) is 117 cm³/mol. The Hall–Kier alpha value is -2.56. The SMILES string of the molecule is CC(F)(F)C(F)(F)C(F)(F)S(=O)(=O)[O-].Fc1ccc([PH+](c2ccccc2)c2ccc(F)cc2)cc1. The number of halogens is 8. The summed E-state index contributed by atoms with van der Waals surface area (Å²) in [5.74, 6) is -12.1. The number of hydrogen-bond donors (Lipinski definition) is 0. The molecular weight excluding hydrogens is 527 g/mol. The molecule has 0 amide bonds. The summed E-state index contributed by atoms with van der Waals surface area (Å²) >= 11 is 0. The van der Waals surface area contributed by atoms with Gasteiger partial charge in [0.15, 0.2) is 10.1 Å². The van der Waals surface area contributed by atoms with Gasteiger partial charge >= 0.3 is 17.1 Å². The summed E-state index contributed by atoms with van der Waals surface area (Å²) in [5.41, 5.74) is 0. The van der Waals surface area contributed by atoms with Crippen LogP contribution in [0.15, 0.2) is 78.9 Å². The molecule has 0 spiro atoms. The van der Waals surface area contributed by atoms with Crippen molar-refractivity contribution >= 4 is 34.0 Å². The topological polar surface area (TPSA) is 57.2 Å². The smallest absolute Gasteiger partial charge is 0.402 e. The van der Waals surface area contributed by atoms with Crippen molar-refractivity contribution in [3.05, 3.63) is 90.5 Å². The van der Waals surface area contributed by atoms with Crippen LogP contribution in [-0.2, 0) is 10.1 Å². The lowest BCUT2D eigenvalue weighted by Crippen LogP contribution is -2.56. The molecule has 3 rings (SSSR count). The van der Waals surface area contributed by atoms with Crippen LogP contribution in [0.4, 0.5) is 35.1 Å². The highest BCUT2D eigenvalue weighted by Crippen LogP contribution is 2.47. The first-order valence-corrected chi connectivity index (χ1v) is 12.4. The number of rotatable bonds is 6. The van der Waals surface area contributed by atoms with Gasteiger partial charge in [0.05, 0.1) is 7.92 Å². The minimum atomic E-state index is -6.86. The summed E-state index contributed by atoms with van der Waals surface area (Å²) in [6.07, 6.45) is 0. The third-order valence-corrected chi connectivity index (χ3v) is 8.18. The Morgan fingerprint density at radius 3 is 1.29 bits per heavy atom. The molecule has 3 aromatic carbocycles. The summed E-state index contributed by atoms with van der Waals surface area (Å²) in [4.78, 5) is 0. The second-order valence-electron chi connectivity index (χ2n) is 7.19. The summed E-state index contributed by atoms with van der Waals surface area (Å²) < 4.78 is 127. The van der Waals surface area contributed by atoms with Gasteiger partial charge in [-0.15, -0.1) is 0 Å². The molecule has 0 radical (unpaired) electrons. The van der Waals surface area contributed by atoms with E-state index in [9.17, 15) is 48.1 Å². The summed E-state index contributed by atoms with van der Waals surface area (Å²) in [7, 11) is -8.10. The van der Waals surface area contributed by atoms with E-state index in [0.29, 0.717) is 0 Å². The van der Waals surface area contributed by atoms with Crippen LogP contribution in [0.3, 0.4) is 0 Å². The maximum absolute atomic E-state index is 13.2. The van der Waals surface area contributed by atoms with Crippen LogP contribution in [0.25, 0.3) is 0 Å². The standard InChI is InChI=1S/C18H13F2P.C4H4F6O3S/c19-14-6-10-17(11-7-14)21(16-4-2-1-3-5-16)18-12-8-15(20)9-13-18;1-2(5,6)3(7,8)4(9,10)14(11,12)13/h1-13H;1H3,(H,11,12,13). The molecule has 0 unspecified atom stereocenters. The Bertz CT molecular complexity index is 1170. The first kappa shape index (κ1) is 28.7. The van der Waals surface area contributed by atoms with Crippen LogP contribution >= 0.6 is 7.92 Å². The zero-order chi connectivity index (χ0) is 26.7. The van der Waals surface area contributed by atoms with E-state index in [1.807, 2.05) is 42.5 Å². The molecule has 35 heavy (non-hydrogen) atoms. The Labute approximate surface area is 196 Å². The van der Waals surface area contributed by atoms with Gasteiger partial charge in [-0.05, 0) is 60.7 Å². The molecule has 0 aliphatic carbocycles. The number of alkyl halides is 6. The minimum Gasteiger partial charge on any atom is -0.743 e. The highest BCUT2D eigenvalue weighted by atomic mass is 32.2. The van der Waals surface area contributed by atoms with Gasteiger partial charge in [-0.3, -0.25) is 0 Å². The fraction of sp³-hybridized carbons (Fsp3) is 0.182. The highest BCUT2D eigenvalue weighted by molar-refractivity contribution is 7.86. The third kappa shape index (κ3) is 6.56. The second-order valence-corrected chi connectivity index (χ2v) is 11.1. The lowest BCUT2D eigenvalue weighted by atomic mass is 10.2. The number of hydrogen-bond acceptors (Lipinski definition) is 3. The molecule has 0 aliphatic heterocycles. The fourth-order valence-electron chi connectivity index (χ4n) is 2.75. The van der Waals surface area contributed by atoms with Crippen LogP contribution in [0.5, 0.6) is 0 Å². The van der Waals surface area contributed by atoms with Gasteiger partial charge in [-0.1, -0.05) is 18.2 Å². The molecule has 0 N–H and O–H groups in total. The molecule has 3 aromatic rings. The van der Waals surface area contributed by atoms with Crippen molar-refractivity contribution in [3.63, 3.8) is 0 Å². The highest BCUT2D eigenvalue weighted by Gasteiger charge is 2.72. The lowest BCUT2D eigenvalue weighted by Gasteiger charge is -2.31. The molecular formula is C22H17F8O3PS. The first-order valence-electron chi connectivity index (χ1n) is 9.52. The van der Waals surface area contributed by atoms with Crippen molar-refractivity contribution in [1.29, 1.82) is 0 Å². The van der Waals surface area contributed by atoms with Gasteiger partial charge in [-0.2, -0.15) is 26.3 Å². The molecule has 0 heterocycles. The normalized spacial score (nSPS) is 12.8. The Morgan fingerprint density at radius 1 is 0.657 bits per heavy atom. The minimum absolute atomic E-state index is 0.243. The van der Waals surface area contributed by atoms with Crippen molar-refractivity contribution in [3.8, 4) is 0 Å². The molecule has 0 saturated heterocycles. The van der Waals surface area contributed by atoms with Crippen molar-refractivity contribution < 1.29 is 48.1 Å². The van der Waals surface area contributed by atoms with Gasteiger partial charge in [0, 0.05) is 6.92 Å². The van der Waals surface area contributed by atoms with Crippen LogP contribution in [0, 0.1) is 11.6 Å². The van der Waals surface area contributed by atoms with Crippen LogP contribution in [-0.4, -0.2) is 30.1 Å². The quantitative estimate of drug-likeness (QED) is 0.253. The molecule has 190 valence electrons. The Morgan fingerprint density at radius 2 is 1.00 bits per heavy atom. The van der Waals surface area contributed by atoms with Gasteiger partial charge in [-0.25, -0.2) is 17.2 Å². The average Bonchev–Trinajstić information content (AvgIpc) is 2.76. The third-order valence-electron chi connectivity index (χ3n) is 4.56. The van der Waals surface area contributed by atoms with E-state index in [2.05, 4.69) is 12.1 Å². The molecule has 0 fully saturated rings. The van der Waals surface area contributed by atoms with Gasteiger partial charge in [0.25, 0.3) is 0 Å². The molecule has 3 nitrogen and oxygen atoms in total. The van der Waals surface area contributed by atoms with Crippen molar-refractivity contribution in [1.82, 2.24) is 0 Å².